The van der Waals surface area contributed by atoms with E-state index in [1.807, 2.05) is 37.3 Å². The lowest BCUT2D eigenvalue weighted by Gasteiger charge is -2.24. The highest BCUT2D eigenvalue weighted by Gasteiger charge is 2.23. The number of hydrogen-bond donors (Lipinski definition) is 1. The predicted octanol–water partition coefficient (Wildman–Crippen LogP) is 2.75. The van der Waals surface area contributed by atoms with Gasteiger partial charge in [0.05, 0.1) is 6.54 Å². The van der Waals surface area contributed by atoms with Crippen molar-refractivity contribution in [3.05, 3.63) is 42.0 Å². The van der Waals surface area contributed by atoms with E-state index < -0.39 is 0 Å². The highest BCUT2D eigenvalue weighted by Crippen LogP contribution is 2.20. The van der Waals surface area contributed by atoms with Crippen LogP contribution in [0.15, 0.2) is 36.4 Å². The van der Waals surface area contributed by atoms with Crippen molar-refractivity contribution in [3.63, 3.8) is 0 Å². The van der Waals surface area contributed by atoms with Crippen molar-refractivity contribution < 1.29 is 9.59 Å². The van der Waals surface area contributed by atoms with Crippen molar-refractivity contribution in [2.24, 2.45) is 5.92 Å². The van der Waals surface area contributed by atoms with Gasteiger partial charge >= 0.3 is 0 Å². The average Bonchev–Trinajstić information content (AvgIpc) is 2.49. The Morgan fingerprint density at radius 3 is 2.57 bits per heavy atom. The maximum absolute atomic E-state index is 12.2. The molecule has 112 valence electrons. The largest absolute Gasteiger partial charge is 0.336 e. The number of carbonyl (C=O) groups excluding carboxylic acids is 2. The van der Waals surface area contributed by atoms with Crippen molar-refractivity contribution in [1.29, 1.82) is 0 Å². The first-order valence-corrected chi connectivity index (χ1v) is 7.33. The smallest absolute Gasteiger partial charge is 0.243 e. The summed E-state index contributed by atoms with van der Waals surface area (Å²) in [4.78, 5) is 25.7. The number of rotatable bonds is 4. The van der Waals surface area contributed by atoms with Gasteiger partial charge in [-0.25, -0.2) is 0 Å². The summed E-state index contributed by atoms with van der Waals surface area (Å²) < 4.78 is 0. The first kappa shape index (κ1) is 15.3. The second-order valence-electron chi connectivity index (χ2n) is 5.59. The topological polar surface area (TPSA) is 49.4 Å². The quantitative estimate of drug-likeness (QED) is 0.865. The van der Waals surface area contributed by atoms with Gasteiger partial charge in [0.25, 0.3) is 0 Å². The van der Waals surface area contributed by atoms with Crippen molar-refractivity contribution >= 4 is 17.5 Å². The summed E-state index contributed by atoms with van der Waals surface area (Å²) in [5.74, 6) is -0.0911. The SMILES string of the molecule is Cc1ccc(NC(=O)CN(C)C(=O)[C@@H]2CC=CCC2)cc1. The van der Waals surface area contributed by atoms with E-state index in [0.29, 0.717) is 0 Å². The number of benzene rings is 1. The lowest BCUT2D eigenvalue weighted by molar-refractivity contribution is -0.137. The second-order valence-corrected chi connectivity index (χ2v) is 5.59. The van der Waals surface area contributed by atoms with Crippen LogP contribution in [0.4, 0.5) is 5.69 Å². The van der Waals surface area contributed by atoms with Crippen LogP contribution in [0.25, 0.3) is 0 Å². The van der Waals surface area contributed by atoms with Gasteiger partial charge in [-0.2, -0.15) is 0 Å². The normalized spacial score (nSPS) is 17.3. The molecule has 0 aromatic heterocycles. The van der Waals surface area contributed by atoms with Crippen molar-refractivity contribution in [1.82, 2.24) is 4.90 Å². The molecule has 21 heavy (non-hydrogen) atoms. The molecule has 0 fully saturated rings. The summed E-state index contributed by atoms with van der Waals surface area (Å²) in [6.45, 7) is 2.09. The van der Waals surface area contributed by atoms with E-state index in [4.69, 9.17) is 0 Å². The number of hydrogen-bond acceptors (Lipinski definition) is 2. The summed E-state index contributed by atoms with van der Waals surface area (Å²) >= 11 is 0. The summed E-state index contributed by atoms with van der Waals surface area (Å²) in [6, 6.07) is 7.61. The first-order chi connectivity index (χ1) is 10.1. The maximum atomic E-state index is 12.2. The molecule has 1 N–H and O–H groups in total. The molecule has 0 spiro atoms. The Morgan fingerprint density at radius 1 is 1.24 bits per heavy atom. The van der Waals surface area contributed by atoms with Crippen LogP contribution >= 0.6 is 0 Å². The number of anilines is 1. The summed E-state index contributed by atoms with van der Waals surface area (Å²) in [6.07, 6.45) is 6.75. The molecule has 0 saturated heterocycles. The van der Waals surface area contributed by atoms with Gasteiger partial charge in [0.1, 0.15) is 0 Å². The van der Waals surface area contributed by atoms with Gasteiger partial charge in [-0.05, 0) is 38.3 Å². The molecule has 0 aliphatic heterocycles. The molecule has 1 aliphatic carbocycles. The molecule has 1 aliphatic rings. The molecular weight excluding hydrogens is 264 g/mol. The standard InChI is InChI=1S/C17H22N2O2/c1-13-8-10-15(11-9-13)18-16(20)12-19(2)17(21)14-6-4-3-5-7-14/h3-4,8-11,14H,5-7,12H2,1-2H3,(H,18,20)/t14-/m1/s1. The molecule has 1 aromatic rings. The summed E-state index contributed by atoms with van der Waals surface area (Å²) in [5, 5.41) is 2.81. The van der Waals surface area contributed by atoms with Gasteiger partial charge in [-0.15, -0.1) is 0 Å². The zero-order valence-electron chi connectivity index (χ0n) is 12.6. The maximum Gasteiger partial charge on any atom is 0.243 e. The lowest BCUT2D eigenvalue weighted by Crippen LogP contribution is -2.38. The highest BCUT2D eigenvalue weighted by molar-refractivity contribution is 5.94. The van der Waals surface area contributed by atoms with E-state index in [1.165, 1.54) is 4.90 Å². The Hall–Kier alpha value is -2.10. The highest BCUT2D eigenvalue weighted by atomic mass is 16.2. The van der Waals surface area contributed by atoms with E-state index >= 15 is 0 Å². The van der Waals surface area contributed by atoms with Gasteiger partial charge in [0.2, 0.25) is 11.8 Å². The monoisotopic (exact) mass is 286 g/mol. The molecule has 4 heteroatoms. The van der Waals surface area contributed by atoms with Crippen LogP contribution < -0.4 is 5.32 Å². The molecule has 0 saturated carbocycles. The van der Waals surface area contributed by atoms with Crippen LogP contribution in [0.3, 0.4) is 0 Å². The Bertz CT molecular complexity index is 534. The second kappa shape index (κ2) is 7.07. The van der Waals surface area contributed by atoms with Crippen molar-refractivity contribution in [2.45, 2.75) is 26.2 Å². The fourth-order valence-electron chi connectivity index (χ4n) is 2.46. The van der Waals surface area contributed by atoms with E-state index in [-0.39, 0.29) is 24.3 Å². The third-order valence-electron chi connectivity index (χ3n) is 3.71. The van der Waals surface area contributed by atoms with Gasteiger partial charge in [0.15, 0.2) is 0 Å². The average molecular weight is 286 g/mol. The molecule has 0 unspecified atom stereocenters. The first-order valence-electron chi connectivity index (χ1n) is 7.33. The van der Waals surface area contributed by atoms with Crippen LogP contribution in [0.5, 0.6) is 0 Å². The molecular formula is C17H22N2O2. The fourth-order valence-corrected chi connectivity index (χ4v) is 2.46. The third-order valence-corrected chi connectivity index (χ3v) is 3.71. The summed E-state index contributed by atoms with van der Waals surface area (Å²) in [7, 11) is 1.69. The fraction of sp³-hybridized carbons (Fsp3) is 0.412. The number of nitrogens with zero attached hydrogens (tertiary/aromatic N) is 1. The Balaban J connectivity index is 1.85. The van der Waals surface area contributed by atoms with Crippen LogP contribution in [-0.4, -0.2) is 30.3 Å². The zero-order valence-corrected chi connectivity index (χ0v) is 12.6. The number of likely N-dealkylation sites (N-methyl/N-ethyl adjacent to an activating group) is 1. The Kier molecular flexibility index (Phi) is 5.14. The number of carbonyl (C=O) groups is 2. The van der Waals surface area contributed by atoms with Crippen LogP contribution in [-0.2, 0) is 9.59 Å². The van der Waals surface area contributed by atoms with E-state index in [2.05, 4.69) is 11.4 Å². The number of nitrogens with one attached hydrogen (secondary N) is 1. The van der Waals surface area contributed by atoms with Gasteiger partial charge < -0.3 is 10.2 Å². The predicted molar refractivity (Wildman–Crippen MR) is 83.9 cm³/mol. The minimum absolute atomic E-state index is 0.0205. The molecule has 4 nitrogen and oxygen atoms in total. The Labute approximate surface area is 125 Å². The number of aryl methyl sites for hydroxylation is 1. The molecule has 0 bridgehead atoms. The molecule has 2 rings (SSSR count). The zero-order chi connectivity index (χ0) is 15.2. The summed E-state index contributed by atoms with van der Waals surface area (Å²) in [5.41, 5.74) is 1.90. The van der Waals surface area contributed by atoms with Crippen LogP contribution in [0.1, 0.15) is 24.8 Å². The van der Waals surface area contributed by atoms with Gasteiger partial charge in [-0.3, -0.25) is 9.59 Å². The van der Waals surface area contributed by atoms with E-state index in [9.17, 15) is 9.59 Å². The molecule has 1 atom stereocenters. The lowest BCUT2D eigenvalue weighted by atomic mass is 9.93. The van der Waals surface area contributed by atoms with Crippen molar-refractivity contribution in [2.75, 3.05) is 18.9 Å². The number of amides is 2. The van der Waals surface area contributed by atoms with Gasteiger partial charge in [0, 0.05) is 18.7 Å². The van der Waals surface area contributed by atoms with Crippen LogP contribution in [0.2, 0.25) is 0 Å². The minimum Gasteiger partial charge on any atom is -0.336 e. The van der Waals surface area contributed by atoms with E-state index in [0.717, 1.165) is 30.5 Å². The third kappa shape index (κ3) is 4.45. The van der Waals surface area contributed by atoms with Crippen molar-refractivity contribution in [3.8, 4) is 0 Å². The molecule has 1 aromatic carbocycles. The molecule has 0 heterocycles. The molecule has 2 amide bonds. The van der Waals surface area contributed by atoms with E-state index in [1.54, 1.807) is 7.05 Å². The van der Waals surface area contributed by atoms with Gasteiger partial charge in [-0.1, -0.05) is 29.8 Å². The van der Waals surface area contributed by atoms with Crippen LogP contribution in [0, 0.1) is 12.8 Å². The minimum atomic E-state index is -0.166. The molecule has 0 radical (unpaired) electrons. The Morgan fingerprint density at radius 2 is 1.95 bits per heavy atom. The number of allylic oxidation sites excluding steroid dienone is 2.